The van der Waals surface area contributed by atoms with Crippen LogP contribution in [0, 0.1) is 0 Å². The summed E-state index contributed by atoms with van der Waals surface area (Å²) in [6, 6.07) is 4.35. The van der Waals surface area contributed by atoms with Crippen molar-refractivity contribution in [1.82, 2.24) is 5.16 Å². The van der Waals surface area contributed by atoms with E-state index >= 15 is 0 Å². The minimum absolute atomic E-state index is 0.0633. The van der Waals surface area contributed by atoms with Gasteiger partial charge in [0.05, 0.1) is 5.56 Å². The Labute approximate surface area is 118 Å². The molecule has 4 nitrogen and oxygen atoms in total. The Morgan fingerprint density at radius 1 is 1.38 bits per heavy atom. The highest BCUT2D eigenvalue weighted by Gasteiger charge is 2.31. The fourth-order valence-corrected chi connectivity index (χ4v) is 1.98. The molecule has 112 valence electrons. The van der Waals surface area contributed by atoms with Gasteiger partial charge in [0.2, 0.25) is 0 Å². The molecule has 0 aliphatic heterocycles. The SMILES string of the molecule is CCCc1onc(-c2cccc(C(F)(F)F)c2)c1C(=O)O. The van der Waals surface area contributed by atoms with E-state index in [1.165, 1.54) is 12.1 Å². The lowest BCUT2D eigenvalue weighted by molar-refractivity contribution is -0.137. The zero-order valence-corrected chi connectivity index (χ0v) is 11.1. The molecule has 0 saturated heterocycles. The number of halogens is 3. The minimum atomic E-state index is -4.50. The van der Waals surface area contributed by atoms with Gasteiger partial charge in [-0.15, -0.1) is 0 Å². The van der Waals surface area contributed by atoms with Crippen molar-refractivity contribution >= 4 is 5.97 Å². The van der Waals surface area contributed by atoms with Crippen LogP contribution >= 0.6 is 0 Å². The van der Waals surface area contributed by atoms with Crippen LogP contribution in [0.25, 0.3) is 11.3 Å². The summed E-state index contributed by atoms with van der Waals surface area (Å²) >= 11 is 0. The number of benzene rings is 1. The average Bonchev–Trinajstić information content (AvgIpc) is 2.82. The molecule has 21 heavy (non-hydrogen) atoms. The Balaban J connectivity index is 2.54. The van der Waals surface area contributed by atoms with Crippen LogP contribution in [-0.2, 0) is 12.6 Å². The molecule has 0 aliphatic rings. The maximum absolute atomic E-state index is 12.7. The average molecular weight is 299 g/mol. The van der Waals surface area contributed by atoms with E-state index in [-0.39, 0.29) is 22.6 Å². The number of nitrogens with zero attached hydrogens (tertiary/aromatic N) is 1. The molecule has 2 aromatic rings. The number of carbonyl (C=O) groups is 1. The Hall–Kier alpha value is -2.31. The van der Waals surface area contributed by atoms with Crippen molar-refractivity contribution in [2.24, 2.45) is 0 Å². The molecule has 1 heterocycles. The second-order valence-corrected chi connectivity index (χ2v) is 4.46. The summed E-state index contributed by atoms with van der Waals surface area (Å²) in [5.74, 6) is -1.11. The Bertz CT molecular complexity index is 662. The first-order valence-electron chi connectivity index (χ1n) is 6.24. The van der Waals surface area contributed by atoms with E-state index in [0.29, 0.717) is 12.8 Å². The van der Waals surface area contributed by atoms with E-state index in [1.54, 1.807) is 0 Å². The second-order valence-electron chi connectivity index (χ2n) is 4.46. The first-order chi connectivity index (χ1) is 9.84. The fraction of sp³-hybridized carbons (Fsp3) is 0.286. The summed E-state index contributed by atoms with van der Waals surface area (Å²) in [6.07, 6.45) is -3.51. The van der Waals surface area contributed by atoms with Gasteiger partial charge in [0.25, 0.3) is 0 Å². The number of hydrogen-bond donors (Lipinski definition) is 1. The van der Waals surface area contributed by atoms with Crippen LogP contribution in [0.15, 0.2) is 28.8 Å². The van der Waals surface area contributed by atoms with Crippen molar-refractivity contribution in [3.05, 3.63) is 41.2 Å². The molecule has 0 fully saturated rings. The Morgan fingerprint density at radius 3 is 2.67 bits per heavy atom. The maximum atomic E-state index is 12.7. The molecular formula is C14H12F3NO3. The third kappa shape index (κ3) is 3.07. The zero-order chi connectivity index (χ0) is 15.6. The highest BCUT2D eigenvalue weighted by atomic mass is 19.4. The van der Waals surface area contributed by atoms with E-state index in [2.05, 4.69) is 5.16 Å². The molecule has 2 rings (SSSR count). The Morgan fingerprint density at radius 2 is 2.10 bits per heavy atom. The van der Waals surface area contributed by atoms with Gasteiger partial charge in [-0.3, -0.25) is 0 Å². The molecule has 0 aliphatic carbocycles. The van der Waals surface area contributed by atoms with Crippen LogP contribution in [0.4, 0.5) is 13.2 Å². The summed E-state index contributed by atoms with van der Waals surface area (Å²) in [5.41, 5.74) is -1.07. The highest BCUT2D eigenvalue weighted by molar-refractivity contribution is 5.95. The van der Waals surface area contributed by atoms with Crippen molar-refractivity contribution in [2.45, 2.75) is 25.9 Å². The Kier molecular flexibility index (Phi) is 4.02. The summed E-state index contributed by atoms with van der Waals surface area (Å²) in [6.45, 7) is 1.83. The number of aromatic carboxylic acids is 1. The summed E-state index contributed by atoms with van der Waals surface area (Å²) in [4.78, 5) is 11.3. The van der Waals surface area contributed by atoms with Crippen LogP contribution in [0.3, 0.4) is 0 Å². The summed E-state index contributed by atoms with van der Waals surface area (Å²) in [7, 11) is 0. The molecule has 0 saturated carbocycles. The van der Waals surface area contributed by atoms with Gasteiger partial charge >= 0.3 is 12.1 Å². The van der Waals surface area contributed by atoms with Gasteiger partial charge in [-0.25, -0.2) is 4.79 Å². The molecule has 7 heteroatoms. The quantitative estimate of drug-likeness (QED) is 0.926. The van der Waals surface area contributed by atoms with Crippen molar-refractivity contribution in [3.63, 3.8) is 0 Å². The number of hydrogen-bond acceptors (Lipinski definition) is 3. The topological polar surface area (TPSA) is 63.3 Å². The number of aryl methyl sites for hydroxylation is 1. The molecule has 1 aromatic heterocycles. The molecular weight excluding hydrogens is 287 g/mol. The van der Waals surface area contributed by atoms with Gasteiger partial charge < -0.3 is 9.63 Å². The number of carboxylic acids is 1. The minimum Gasteiger partial charge on any atom is -0.477 e. The predicted molar refractivity (Wildman–Crippen MR) is 67.9 cm³/mol. The lowest BCUT2D eigenvalue weighted by Crippen LogP contribution is -2.05. The normalized spacial score (nSPS) is 11.6. The standard InChI is InChI=1S/C14H12F3NO3/c1-2-4-10-11(13(19)20)12(18-21-10)8-5-3-6-9(7-8)14(15,16)17/h3,5-7H,2,4H2,1H3,(H,19,20). The lowest BCUT2D eigenvalue weighted by Gasteiger charge is -2.07. The summed E-state index contributed by atoms with van der Waals surface area (Å²) in [5, 5.41) is 12.9. The molecule has 1 aromatic carbocycles. The second kappa shape index (κ2) is 5.59. The maximum Gasteiger partial charge on any atom is 0.416 e. The van der Waals surface area contributed by atoms with E-state index in [0.717, 1.165) is 12.1 Å². The first kappa shape index (κ1) is 15.1. The lowest BCUT2D eigenvalue weighted by atomic mass is 10.0. The molecule has 0 amide bonds. The number of aromatic nitrogens is 1. The zero-order valence-electron chi connectivity index (χ0n) is 11.1. The first-order valence-corrected chi connectivity index (χ1v) is 6.24. The molecule has 0 bridgehead atoms. The smallest absolute Gasteiger partial charge is 0.416 e. The molecule has 0 spiro atoms. The van der Waals surface area contributed by atoms with Gasteiger partial charge in [0.15, 0.2) is 5.76 Å². The van der Waals surface area contributed by atoms with Gasteiger partial charge in [-0.2, -0.15) is 13.2 Å². The monoisotopic (exact) mass is 299 g/mol. The van der Waals surface area contributed by atoms with Crippen LogP contribution in [0.5, 0.6) is 0 Å². The van der Waals surface area contributed by atoms with Crippen molar-refractivity contribution < 1.29 is 27.6 Å². The van der Waals surface area contributed by atoms with Crippen molar-refractivity contribution in [2.75, 3.05) is 0 Å². The van der Waals surface area contributed by atoms with E-state index in [9.17, 15) is 23.1 Å². The highest BCUT2D eigenvalue weighted by Crippen LogP contribution is 2.33. The van der Waals surface area contributed by atoms with Gasteiger partial charge in [-0.05, 0) is 18.6 Å². The van der Waals surface area contributed by atoms with Crippen LogP contribution < -0.4 is 0 Å². The third-order valence-electron chi connectivity index (χ3n) is 2.92. The molecule has 1 N–H and O–H groups in total. The van der Waals surface area contributed by atoms with Crippen molar-refractivity contribution in [1.29, 1.82) is 0 Å². The van der Waals surface area contributed by atoms with Crippen molar-refractivity contribution in [3.8, 4) is 11.3 Å². The van der Waals surface area contributed by atoms with Crippen LogP contribution in [0.2, 0.25) is 0 Å². The summed E-state index contributed by atoms with van der Waals surface area (Å²) < 4.78 is 43.1. The van der Waals surface area contributed by atoms with Crippen LogP contribution in [0.1, 0.15) is 35.0 Å². The van der Waals surface area contributed by atoms with Gasteiger partial charge in [0.1, 0.15) is 11.3 Å². The molecule has 0 unspecified atom stereocenters. The fourth-order valence-electron chi connectivity index (χ4n) is 1.98. The predicted octanol–water partition coefficient (Wildman–Crippen LogP) is 4.01. The van der Waals surface area contributed by atoms with E-state index < -0.39 is 17.7 Å². The van der Waals surface area contributed by atoms with E-state index in [1.807, 2.05) is 6.92 Å². The largest absolute Gasteiger partial charge is 0.477 e. The number of rotatable bonds is 4. The van der Waals surface area contributed by atoms with Gasteiger partial charge in [-0.1, -0.05) is 24.2 Å². The number of carboxylic acid groups (broad SMARTS) is 1. The molecule has 0 atom stereocenters. The number of alkyl halides is 3. The van der Waals surface area contributed by atoms with Gasteiger partial charge in [0, 0.05) is 12.0 Å². The van der Waals surface area contributed by atoms with E-state index in [4.69, 9.17) is 4.52 Å². The molecule has 0 radical (unpaired) electrons. The third-order valence-corrected chi connectivity index (χ3v) is 2.92. The van der Waals surface area contributed by atoms with Crippen LogP contribution in [-0.4, -0.2) is 16.2 Å².